The van der Waals surface area contributed by atoms with Gasteiger partial charge in [0.05, 0.1) is 10.6 Å². The van der Waals surface area contributed by atoms with Gasteiger partial charge < -0.3 is 5.32 Å². The van der Waals surface area contributed by atoms with Gasteiger partial charge in [-0.3, -0.25) is 9.78 Å². The largest absolute Gasteiger partial charge is 0.348 e. The van der Waals surface area contributed by atoms with Crippen molar-refractivity contribution in [3.05, 3.63) is 58.4 Å². The van der Waals surface area contributed by atoms with E-state index in [1.165, 1.54) is 0 Å². The molecule has 0 aliphatic carbocycles. The molecule has 0 unspecified atom stereocenters. The summed E-state index contributed by atoms with van der Waals surface area (Å²) in [5.41, 5.74) is 2.49. The van der Waals surface area contributed by atoms with Crippen LogP contribution < -0.4 is 5.32 Å². The lowest BCUT2D eigenvalue weighted by molar-refractivity contribution is 0.0951. The highest BCUT2D eigenvalue weighted by atomic mass is 35.5. The van der Waals surface area contributed by atoms with Crippen molar-refractivity contribution in [2.45, 2.75) is 18.4 Å². The molecule has 0 aliphatic heterocycles. The van der Waals surface area contributed by atoms with Crippen molar-refractivity contribution in [3.8, 4) is 0 Å². The van der Waals surface area contributed by atoms with Crippen LogP contribution in [-0.4, -0.2) is 10.9 Å². The van der Waals surface area contributed by atoms with Crippen LogP contribution in [0.3, 0.4) is 0 Å². The van der Waals surface area contributed by atoms with Gasteiger partial charge in [0.1, 0.15) is 0 Å². The number of carbonyl (C=O) groups excluding carboxylic acids is 1. The second-order valence-corrected chi connectivity index (χ2v) is 5.07. The maximum Gasteiger partial charge on any atom is 0.253 e. The van der Waals surface area contributed by atoms with Crippen molar-refractivity contribution >= 4 is 30.1 Å². The molecule has 2 rings (SSSR count). The Hall–Kier alpha value is -1.52. The topological polar surface area (TPSA) is 42.0 Å². The summed E-state index contributed by atoms with van der Waals surface area (Å²) in [6.07, 6.45) is 3.47. The van der Waals surface area contributed by atoms with Gasteiger partial charge in [0.15, 0.2) is 0 Å². The number of aryl methyl sites for hydroxylation is 1. The summed E-state index contributed by atoms with van der Waals surface area (Å²) in [6, 6.07) is 6.96. The fraction of sp³-hybridized carbons (Fsp3) is 0.143. The van der Waals surface area contributed by atoms with Crippen LogP contribution in [0.15, 0.2) is 41.6 Å². The maximum atomic E-state index is 12.1. The Morgan fingerprint density at radius 2 is 2.21 bits per heavy atom. The van der Waals surface area contributed by atoms with Gasteiger partial charge in [-0.1, -0.05) is 11.6 Å². The molecule has 1 heterocycles. The first-order valence-electron chi connectivity index (χ1n) is 5.74. The molecular weight excluding hydrogens is 280 g/mol. The molecule has 0 spiro atoms. The zero-order chi connectivity index (χ0) is 13.8. The molecule has 0 radical (unpaired) electrons. The van der Waals surface area contributed by atoms with Gasteiger partial charge in [0.25, 0.3) is 5.91 Å². The summed E-state index contributed by atoms with van der Waals surface area (Å²) in [4.78, 5) is 16.8. The highest BCUT2D eigenvalue weighted by Crippen LogP contribution is 2.19. The number of benzene rings is 1. The van der Waals surface area contributed by atoms with Gasteiger partial charge in [0, 0.05) is 23.8 Å². The number of carbonyl (C=O) groups is 1. The minimum Gasteiger partial charge on any atom is -0.348 e. The van der Waals surface area contributed by atoms with Crippen LogP contribution in [0, 0.1) is 6.92 Å². The third kappa shape index (κ3) is 3.49. The third-order valence-corrected chi connectivity index (χ3v) is 3.39. The van der Waals surface area contributed by atoms with Crippen molar-refractivity contribution < 1.29 is 4.79 Å². The summed E-state index contributed by atoms with van der Waals surface area (Å²) in [7, 11) is 0. The summed E-state index contributed by atoms with van der Waals surface area (Å²) in [6.45, 7) is 2.40. The molecule has 5 heteroatoms. The van der Waals surface area contributed by atoms with Crippen molar-refractivity contribution in [3.63, 3.8) is 0 Å². The number of amides is 1. The van der Waals surface area contributed by atoms with Gasteiger partial charge in [-0.15, -0.1) is 12.6 Å². The highest BCUT2D eigenvalue weighted by molar-refractivity contribution is 7.80. The molecule has 3 nitrogen and oxygen atoms in total. The predicted octanol–water partition coefficient (Wildman–Crippen LogP) is 3.26. The number of pyridine rings is 1. The van der Waals surface area contributed by atoms with Crippen LogP contribution >= 0.6 is 24.2 Å². The van der Waals surface area contributed by atoms with Crippen LogP contribution in [0.5, 0.6) is 0 Å². The fourth-order valence-electron chi connectivity index (χ4n) is 1.64. The van der Waals surface area contributed by atoms with Crippen molar-refractivity contribution in [1.29, 1.82) is 0 Å². The van der Waals surface area contributed by atoms with E-state index in [0.717, 1.165) is 11.1 Å². The number of thiol groups is 1. The molecule has 0 saturated heterocycles. The number of halogens is 1. The molecule has 0 bridgehead atoms. The molecule has 0 atom stereocenters. The average Bonchev–Trinajstić information content (AvgIpc) is 2.40. The molecule has 0 fully saturated rings. The Morgan fingerprint density at radius 1 is 1.42 bits per heavy atom. The van der Waals surface area contributed by atoms with E-state index < -0.39 is 0 Å². The van der Waals surface area contributed by atoms with Crippen LogP contribution in [0.25, 0.3) is 0 Å². The first kappa shape index (κ1) is 13.9. The van der Waals surface area contributed by atoms with Crippen LogP contribution in [0.4, 0.5) is 0 Å². The maximum absolute atomic E-state index is 12.1. The van der Waals surface area contributed by atoms with Crippen LogP contribution in [0.2, 0.25) is 5.02 Å². The zero-order valence-electron chi connectivity index (χ0n) is 10.4. The van der Waals surface area contributed by atoms with E-state index in [-0.39, 0.29) is 5.91 Å². The summed E-state index contributed by atoms with van der Waals surface area (Å²) < 4.78 is 0. The molecule has 0 aliphatic rings. The number of nitrogens with one attached hydrogen (secondary N) is 1. The monoisotopic (exact) mass is 292 g/mol. The number of hydrogen-bond acceptors (Lipinski definition) is 3. The predicted molar refractivity (Wildman–Crippen MR) is 78.8 cm³/mol. The van der Waals surface area contributed by atoms with E-state index >= 15 is 0 Å². The number of rotatable bonds is 3. The Morgan fingerprint density at radius 3 is 2.95 bits per heavy atom. The van der Waals surface area contributed by atoms with E-state index in [1.807, 2.05) is 13.0 Å². The lowest BCUT2D eigenvalue weighted by atomic mass is 10.1. The van der Waals surface area contributed by atoms with Crippen molar-refractivity contribution in [2.24, 2.45) is 0 Å². The second kappa shape index (κ2) is 6.08. The standard InChI is InChI=1S/C14H13ClN2OS/c1-9-4-5-16-7-10(9)8-17-14(18)12-6-11(19)2-3-13(12)15/h2-7,19H,8H2,1H3,(H,17,18). The highest BCUT2D eigenvalue weighted by Gasteiger charge is 2.10. The minimum atomic E-state index is -0.218. The first-order chi connectivity index (χ1) is 9.08. The molecule has 1 amide bonds. The van der Waals surface area contributed by atoms with Gasteiger partial charge >= 0.3 is 0 Å². The molecule has 19 heavy (non-hydrogen) atoms. The van der Waals surface area contributed by atoms with E-state index in [9.17, 15) is 4.79 Å². The smallest absolute Gasteiger partial charge is 0.253 e. The molecule has 1 aromatic heterocycles. The Bertz CT molecular complexity index is 616. The normalized spacial score (nSPS) is 10.3. The number of aromatic nitrogens is 1. The van der Waals surface area contributed by atoms with Gasteiger partial charge in [-0.2, -0.15) is 0 Å². The Kier molecular flexibility index (Phi) is 4.45. The first-order valence-corrected chi connectivity index (χ1v) is 6.56. The second-order valence-electron chi connectivity index (χ2n) is 4.15. The third-order valence-electron chi connectivity index (χ3n) is 2.78. The van der Waals surface area contributed by atoms with Crippen molar-refractivity contribution in [1.82, 2.24) is 10.3 Å². The minimum absolute atomic E-state index is 0.218. The molecule has 1 N–H and O–H groups in total. The number of nitrogens with zero attached hydrogens (tertiary/aromatic N) is 1. The zero-order valence-corrected chi connectivity index (χ0v) is 12.0. The SMILES string of the molecule is Cc1ccncc1CNC(=O)c1cc(S)ccc1Cl. The Labute approximate surface area is 122 Å². The molecular formula is C14H13ClN2OS. The molecule has 2 aromatic rings. The van der Waals surface area contributed by atoms with Crippen LogP contribution in [0.1, 0.15) is 21.5 Å². The van der Waals surface area contributed by atoms with Gasteiger partial charge in [-0.25, -0.2) is 0 Å². The summed E-state index contributed by atoms with van der Waals surface area (Å²) >= 11 is 10.2. The van der Waals surface area contributed by atoms with Gasteiger partial charge in [-0.05, 0) is 42.3 Å². The van der Waals surface area contributed by atoms with Gasteiger partial charge in [0.2, 0.25) is 0 Å². The van der Waals surface area contributed by atoms with E-state index in [2.05, 4.69) is 22.9 Å². The van der Waals surface area contributed by atoms with E-state index in [4.69, 9.17) is 11.6 Å². The number of hydrogen-bond donors (Lipinski definition) is 2. The molecule has 98 valence electrons. The van der Waals surface area contributed by atoms with Crippen molar-refractivity contribution in [2.75, 3.05) is 0 Å². The van der Waals surface area contributed by atoms with E-state index in [1.54, 1.807) is 30.6 Å². The quantitative estimate of drug-likeness (QED) is 0.853. The average molecular weight is 293 g/mol. The van der Waals surface area contributed by atoms with Crippen LogP contribution in [-0.2, 0) is 6.54 Å². The Balaban J connectivity index is 2.10. The fourth-order valence-corrected chi connectivity index (χ4v) is 2.05. The summed E-state index contributed by atoms with van der Waals surface area (Å²) in [5.74, 6) is -0.218. The lowest BCUT2D eigenvalue weighted by Crippen LogP contribution is -2.23. The molecule has 1 aromatic carbocycles. The van der Waals surface area contributed by atoms with E-state index in [0.29, 0.717) is 22.0 Å². The summed E-state index contributed by atoms with van der Waals surface area (Å²) in [5, 5.41) is 3.24. The lowest BCUT2D eigenvalue weighted by Gasteiger charge is -2.09. The molecule has 0 saturated carbocycles.